The molecule has 2 N–H and O–H groups in total. The first-order chi connectivity index (χ1) is 29.0. The molecule has 16 atom stereocenters. The fraction of sp³-hybridized carbons (Fsp3) is 0.625. The van der Waals surface area contributed by atoms with Gasteiger partial charge in [-0.1, -0.05) is 70.6 Å². The zero-order valence-corrected chi connectivity index (χ0v) is 36.5. The number of aliphatic hydroxyl groups excluding tert-OH is 1. The molecule has 12 nitrogen and oxygen atoms in total. The lowest BCUT2D eigenvalue weighted by Gasteiger charge is -2.48. The highest BCUT2D eigenvalue weighted by atomic mass is 19.1. The molecule has 1 aliphatic carbocycles. The molecule has 13 heteroatoms. The van der Waals surface area contributed by atoms with Gasteiger partial charge < -0.3 is 48.1 Å². The lowest BCUT2D eigenvalue weighted by atomic mass is 9.70. The number of methoxy groups -OCH3 is 1. The molecule has 61 heavy (non-hydrogen) atoms. The molecule has 3 saturated heterocycles. The molecule has 1 aromatic carbocycles. The first-order valence-corrected chi connectivity index (χ1v) is 21.9. The minimum absolute atomic E-state index is 0.0565. The standard InChI is InChI=1S/C48H63FO12/c1-9-26(2)42-29(5)19-20-47(61-42)24-36-22-35(60-47)18-13-28(4)41(58-39-23-38(54-8)40(50)31(7)56-39)27(3)11-10-12-33-25-55-44-43(59-45(51)32-14-16-34(49)17-15-32)30(6)21-37(46(52)57-36)48(33,44)53/h10-17,19-21,26-27,29,31,35-44,50,53H,9,18,22-25H2,1-8H3/b11-10+,28-13+,33-12+/t26-,27-,29-,31-,35+,36-,37-,38-,39-,40-,41-,42+,43+,44+,47+,48+/m0/s1. The van der Waals surface area contributed by atoms with Crippen LogP contribution in [0.2, 0.25) is 0 Å². The summed E-state index contributed by atoms with van der Waals surface area (Å²) in [7, 11) is 1.56. The molecule has 334 valence electrons. The van der Waals surface area contributed by atoms with Gasteiger partial charge in [0.25, 0.3) is 0 Å². The fourth-order valence-electron chi connectivity index (χ4n) is 9.78. The first kappa shape index (κ1) is 45.5. The largest absolute Gasteiger partial charge is 0.462 e. The number of rotatable bonds is 7. The maximum absolute atomic E-state index is 14.6. The van der Waals surface area contributed by atoms with E-state index in [4.69, 9.17) is 37.9 Å². The molecule has 0 amide bonds. The van der Waals surface area contributed by atoms with E-state index in [1.807, 2.05) is 26.0 Å². The van der Waals surface area contributed by atoms with Crippen molar-refractivity contribution in [2.24, 2.45) is 23.7 Å². The Morgan fingerprint density at radius 3 is 2.49 bits per heavy atom. The van der Waals surface area contributed by atoms with Crippen molar-refractivity contribution in [3.05, 3.63) is 94.9 Å². The van der Waals surface area contributed by atoms with E-state index in [2.05, 4.69) is 32.9 Å². The van der Waals surface area contributed by atoms with Crippen LogP contribution in [0.3, 0.4) is 0 Å². The van der Waals surface area contributed by atoms with Crippen LogP contribution in [0.5, 0.6) is 0 Å². The Bertz CT molecular complexity index is 1910. The third-order valence-corrected chi connectivity index (χ3v) is 13.6. The van der Waals surface area contributed by atoms with Crippen molar-refractivity contribution in [1.82, 2.24) is 0 Å². The molecule has 3 fully saturated rings. The summed E-state index contributed by atoms with van der Waals surface area (Å²) in [6, 6.07) is 4.99. The summed E-state index contributed by atoms with van der Waals surface area (Å²) in [5.74, 6) is -4.09. The lowest BCUT2D eigenvalue weighted by molar-refractivity contribution is -0.300. The van der Waals surface area contributed by atoms with Crippen molar-refractivity contribution < 1.29 is 62.1 Å². The normalized spacial score (nSPS) is 43.2. The van der Waals surface area contributed by atoms with E-state index in [1.54, 1.807) is 39.2 Å². The van der Waals surface area contributed by atoms with Crippen molar-refractivity contribution in [1.29, 1.82) is 0 Å². The van der Waals surface area contributed by atoms with Crippen molar-refractivity contribution in [2.75, 3.05) is 13.7 Å². The summed E-state index contributed by atoms with van der Waals surface area (Å²) in [4.78, 5) is 28.0. The third-order valence-electron chi connectivity index (χ3n) is 13.6. The van der Waals surface area contributed by atoms with Crippen LogP contribution in [0.4, 0.5) is 4.39 Å². The van der Waals surface area contributed by atoms with E-state index in [9.17, 15) is 24.2 Å². The maximum Gasteiger partial charge on any atom is 0.338 e. The van der Waals surface area contributed by atoms with Gasteiger partial charge in [-0.25, -0.2) is 9.18 Å². The number of carbonyl (C=O) groups excluding carboxylic acids is 2. The highest BCUT2D eigenvalue weighted by molar-refractivity contribution is 5.89. The molecule has 6 aliphatic rings. The van der Waals surface area contributed by atoms with E-state index < -0.39 is 90.2 Å². The highest BCUT2D eigenvalue weighted by Crippen LogP contribution is 2.48. The number of ether oxygens (including phenoxy) is 8. The predicted octanol–water partition coefficient (Wildman–Crippen LogP) is 6.85. The molecule has 7 rings (SSSR count). The SMILES string of the molecule is CC[C@H](C)[C@H]1O[C@]2(C=C[C@@H]1C)C[C@@H]1C[C@@H](C/C=C(\C)[C@@H](O[C@H]3C[C@H](OC)[C@@H](O)[C@H](C)O3)[C@@H](C)/C=C/C=C3\CO[C@@H]4[C@H](OC(=O)c5ccc(F)cc5)C(C)=C[C@@H](C(=O)O1)[C@]34O)O2. The van der Waals surface area contributed by atoms with Crippen LogP contribution >= 0.6 is 0 Å². The Morgan fingerprint density at radius 2 is 1.77 bits per heavy atom. The van der Waals surface area contributed by atoms with E-state index in [0.717, 1.165) is 12.0 Å². The van der Waals surface area contributed by atoms with Gasteiger partial charge in [0.1, 0.15) is 35.6 Å². The minimum Gasteiger partial charge on any atom is -0.462 e. The molecule has 1 aromatic rings. The Morgan fingerprint density at radius 1 is 1.02 bits per heavy atom. The summed E-state index contributed by atoms with van der Waals surface area (Å²) in [6.07, 6.45) is 9.28. The van der Waals surface area contributed by atoms with E-state index in [-0.39, 0.29) is 42.4 Å². The molecule has 0 radical (unpaired) electrons. The van der Waals surface area contributed by atoms with Crippen molar-refractivity contribution >= 4 is 11.9 Å². The van der Waals surface area contributed by atoms with Crippen LogP contribution in [0.15, 0.2) is 83.5 Å². The number of hydrogen-bond donors (Lipinski definition) is 2. The van der Waals surface area contributed by atoms with Gasteiger partial charge >= 0.3 is 11.9 Å². The van der Waals surface area contributed by atoms with Crippen LogP contribution in [-0.2, 0) is 42.7 Å². The van der Waals surface area contributed by atoms with E-state index in [1.165, 1.54) is 24.3 Å². The average molecular weight is 851 g/mol. The van der Waals surface area contributed by atoms with E-state index in [0.29, 0.717) is 30.4 Å². The zero-order chi connectivity index (χ0) is 43.8. The number of hydrogen-bond acceptors (Lipinski definition) is 12. The molecule has 0 aromatic heterocycles. The van der Waals surface area contributed by atoms with Gasteiger partial charge in [-0.3, -0.25) is 4.79 Å². The lowest BCUT2D eigenvalue weighted by Crippen LogP contribution is -2.59. The average Bonchev–Trinajstić information content (AvgIpc) is 3.57. The van der Waals surface area contributed by atoms with Crippen LogP contribution < -0.4 is 0 Å². The Labute approximate surface area is 358 Å². The van der Waals surface area contributed by atoms with Crippen molar-refractivity contribution in [3.63, 3.8) is 0 Å². The van der Waals surface area contributed by atoms with Gasteiger partial charge in [-0.2, -0.15) is 0 Å². The molecular weight excluding hydrogens is 788 g/mol. The number of halogens is 1. The molecule has 2 bridgehead atoms. The quantitative estimate of drug-likeness (QED) is 0.219. The second-order valence-corrected chi connectivity index (χ2v) is 18.0. The predicted molar refractivity (Wildman–Crippen MR) is 222 cm³/mol. The van der Waals surface area contributed by atoms with Gasteiger partial charge in [-0.15, -0.1) is 0 Å². The summed E-state index contributed by atoms with van der Waals surface area (Å²) < 4.78 is 64.6. The number of aliphatic hydroxyl groups is 2. The number of fused-ring (bicyclic) bond motifs is 2. The molecule has 0 unspecified atom stereocenters. The van der Waals surface area contributed by atoms with E-state index >= 15 is 0 Å². The van der Waals surface area contributed by atoms with Crippen molar-refractivity contribution in [3.8, 4) is 0 Å². The Kier molecular flexibility index (Phi) is 13.9. The number of esters is 2. The van der Waals surface area contributed by atoms with Crippen LogP contribution in [-0.4, -0.2) is 108 Å². The maximum atomic E-state index is 14.6. The molecule has 1 spiro atoms. The van der Waals surface area contributed by atoms with Crippen LogP contribution in [0, 0.1) is 29.5 Å². The highest BCUT2D eigenvalue weighted by Gasteiger charge is 2.61. The second kappa shape index (κ2) is 18.7. The van der Waals surface area contributed by atoms with Crippen LogP contribution in [0.25, 0.3) is 0 Å². The minimum atomic E-state index is -1.97. The first-order valence-electron chi connectivity index (χ1n) is 21.9. The van der Waals surface area contributed by atoms with Gasteiger partial charge in [0, 0.05) is 38.2 Å². The Balaban J connectivity index is 1.27. The van der Waals surface area contributed by atoms with Crippen LogP contribution in [0.1, 0.15) is 90.9 Å². The summed E-state index contributed by atoms with van der Waals surface area (Å²) in [6.45, 7) is 13.9. The van der Waals surface area contributed by atoms with Gasteiger partial charge in [0.05, 0.1) is 42.7 Å². The molecular formula is C48H63FO12. The summed E-state index contributed by atoms with van der Waals surface area (Å²) >= 11 is 0. The topological polar surface area (TPSA) is 148 Å². The molecule has 5 heterocycles. The Hall–Kier alpha value is -3.53. The summed E-state index contributed by atoms with van der Waals surface area (Å²) in [5, 5.41) is 23.6. The van der Waals surface area contributed by atoms with Crippen molar-refractivity contribution in [2.45, 2.75) is 153 Å². The second-order valence-electron chi connectivity index (χ2n) is 18.0. The van der Waals surface area contributed by atoms with Gasteiger partial charge in [0.15, 0.2) is 18.2 Å². The van der Waals surface area contributed by atoms with Gasteiger partial charge in [-0.05, 0) is 80.2 Å². The van der Waals surface area contributed by atoms with Gasteiger partial charge in [0.2, 0.25) is 0 Å². The smallest absolute Gasteiger partial charge is 0.338 e. The summed E-state index contributed by atoms with van der Waals surface area (Å²) in [5.41, 5.74) is -0.0129. The molecule has 5 aliphatic heterocycles. The number of benzene rings is 1. The third kappa shape index (κ3) is 9.41. The molecule has 0 saturated carbocycles. The zero-order valence-electron chi connectivity index (χ0n) is 36.5. The number of allylic oxidation sites excluding steroid dienone is 2. The monoisotopic (exact) mass is 850 g/mol. The fourth-order valence-corrected chi connectivity index (χ4v) is 9.78. The number of carbonyl (C=O) groups is 2.